The minimum Gasteiger partial charge on any atom is -0.352 e. The molecule has 1 heterocycles. The standard InChI is InChI=1S/C24H39N3O3S/c1-3-27(4-2)31(29,30)23-14-11-20(12-15-23)13-16-24(28)25-21-17-18-26(19-21)22-9-7-5-6-8-10-22/h11-12,14-15,21-22H,3-10,13,16-19H2,1-2H3,(H,25,28). The molecule has 1 saturated heterocycles. The van der Waals surface area contributed by atoms with Gasteiger partial charge >= 0.3 is 0 Å². The Hall–Kier alpha value is -1.44. The summed E-state index contributed by atoms with van der Waals surface area (Å²) >= 11 is 0. The van der Waals surface area contributed by atoms with E-state index in [1.54, 1.807) is 12.1 Å². The van der Waals surface area contributed by atoms with E-state index in [-0.39, 0.29) is 11.9 Å². The number of nitrogens with zero attached hydrogens (tertiary/aromatic N) is 2. The van der Waals surface area contributed by atoms with Crippen molar-refractivity contribution >= 4 is 15.9 Å². The fourth-order valence-electron chi connectivity index (χ4n) is 4.96. The van der Waals surface area contributed by atoms with Crippen molar-refractivity contribution in [1.82, 2.24) is 14.5 Å². The molecule has 0 aromatic heterocycles. The first-order valence-electron chi connectivity index (χ1n) is 12.1. The Morgan fingerprint density at radius 1 is 1.03 bits per heavy atom. The molecular formula is C24H39N3O3S. The van der Waals surface area contributed by atoms with E-state index in [4.69, 9.17) is 0 Å². The normalized spacial score (nSPS) is 21.3. The highest BCUT2D eigenvalue weighted by Gasteiger charge is 2.29. The van der Waals surface area contributed by atoms with Gasteiger partial charge in [-0.15, -0.1) is 0 Å². The van der Waals surface area contributed by atoms with Crippen LogP contribution in [0.15, 0.2) is 29.2 Å². The molecule has 1 aliphatic carbocycles. The van der Waals surface area contributed by atoms with Crippen LogP contribution in [0.1, 0.15) is 70.8 Å². The second-order valence-corrected chi connectivity index (χ2v) is 10.9. The highest BCUT2D eigenvalue weighted by molar-refractivity contribution is 7.89. The maximum Gasteiger partial charge on any atom is 0.243 e. The number of aryl methyl sites for hydroxylation is 1. The summed E-state index contributed by atoms with van der Waals surface area (Å²) in [6, 6.07) is 7.93. The SMILES string of the molecule is CCN(CC)S(=O)(=O)c1ccc(CCC(=O)NC2CCN(C3CCCCCC3)C2)cc1. The first-order chi connectivity index (χ1) is 14.9. The molecule has 0 bridgehead atoms. The third kappa shape index (κ3) is 6.53. The Balaban J connectivity index is 1.44. The lowest BCUT2D eigenvalue weighted by molar-refractivity contribution is -0.121. The number of hydrogen-bond donors (Lipinski definition) is 1. The molecule has 0 radical (unpaired) electrons. The lowest BCUT2D eigenvalue weighted by Gasteiger charge is -2.26. The van der Waals surface area contributed by atoms with Crippen molar-refractivity contribution < 1.29 is 13.2 Å². The molecule has 1 aromatic rings. The van der Waals surface area contributed by atoms with E-state index < -0.39 is 10.0 Å². The number of hydrogen-bond acceptors (Lipinski definition) is 4. The van der Waals surface area contributed by atoms with Crippen LogP contribution in [0.2, 0.25) is 0 Å². The predicted octanol–water partition coefficient (Wildman–Crippen LogP) is 3.56. The van der Waals surface area contributed by atoms with Crippen molar-refractivity contribution in [3.05, 3.63) is 29.8 Å². The first-order valence-corrected chi connectivity index (χ1v) is 13.5. The maximum absolute atomic E-state index is 12.6. The number of rotatable bonds is 9. The summed E-state index contributed by atoms with van der Waals surface area (Å²) in [6.45, 7) is 6.68. The molecule has 0 spiro atoms. The highest BCUT2D eigenvalue weighted by atomic mass is 32.2. The Morgan fingerprint density at radius 2 is 1.68 bits per heavy atom. The van der Waals surface area contributed by atoms with Crippen LogP contribution in [0.5, 0.6) is 0 Å². The Morgan fingerprint density at radius 3 is 2.29 bits per heavy atom. The molecule has 3 rings (SSSR count). The molecule has 2 fully saturated rings. The molecule has 1 aromatic carbocycles. The van der Waals surface area contributed by atoms with E-state index in [0.717, 1.165) is 25.1 Å². The monoisotopic (exact) mass is 449 g/mol. The van der Waals surface area contributed by atoms with Crippen molar-refractivity contribution in [3.8, 4) is 0 Å². The lowest BCUT2D eigenvalue weighted by Crippen LogP contribution is -2.39. The quantitative estimate of drug-likeness (QED) is 0.585. The molecule has 1 atom stereocenters. The van der Waals surface area contributed by atoms with Gasteiger partial charge in [0.15, 0.2) is 0 Å². The average molecular weight is 450 g/mol. The van der Waals surface area contributed by atoms with Gasteiger partial charge in [-0.3, -0.25) is 9.69 Å². The molecule has 6 nitrogen and oxygen atoms in total. The molecule has 2 aliphatic rings. The van der Waals surface area contributed by atoms with E-state index in [0.29, 0.717) is 36.9 Å². The number of sulfonamides is 1. The van der Waals surface area contributed by atoms with Crippen molar-refractivity contribution in [2.45, 2.75) is 88.6 Å². The Labute approximate surface area is 188 Å². The maximum atomic E-state index is 12.6. The lowest BCUT2D eigenvalue weighted by atomic mass is 10.1. The summed E-state index contributed by atoms with van der Waals surface area (Å²) in [5.41, 5.74) is 0.986. The second-order valence-electron chi connectivity index (χ2n) is 8.93. The van der Waals surface area contributed by atoms with Gasteiger partial charge in [-0.05, 0) is 43.4 Å². The number of carbonyl (C=O) groups is 1. The van der Waals surface area contributed by atoms with Gasteiger partial charge in [-0.25, -0.2) is 8.42 Å². The summed E-state index contributed by atoms with van der Waals surface area (Å²) in [5, 5.41) is 3.22. The summed E-state index contributed by atoms with van der Waals surface area (Å²) in [4.78, 5) is 15.4. The van der Waals surface area contributed by atoms with Crippen LogP contribution in [-0.4, -0.2) is 61.8 Å². The van der Waals surface area contributed by atoms with Gasteiger partial charge in [0, 0.05) is 44.7 Å². The van der Waals surface area contributed by atoms with E-state index >= 15 is 0 Å². The number of carbonyl (C=O) groups excluding carboxylic acids is 1. The summed E-state index contributed by atoms with van der Waals surface area (Å²) in [5.74, 6) is 0.0903. The fourth-order valence-corrected chi connectivity index (χ4v) is 6.42. The molecule has 31 heavy (non-hydrogen) atoms. The number of amides is 1. The molecule has 1 unspecified atom stereocenters. The van der Waals surface area contributed by atoms with Gasteiger partial charge in [0.25, 0.3) is 0 Å². The van der Waals surface area contributed by atoms with E-state index in [9.17, 15) is 13.2 Å². The number of benzene rings is 1. The predicted molar refractivity (Wildman–Crippen MR) is 124 cm³/mol. The van der Waals surface area contributed by atoms with E-state index in [2.05, 4.69) is 10.2 Å². The summed E-state index contributed by atoms with van der Waals surface area (Å²) in [6.07, 6.45) is 10.1. The zero-order valence-corrected chi connectivity index (χ0v) is 20.0. The highest BCUT2D eigenvalue weighted by Crippen LogP contribution is 2.25. The third-order valence-electron chi connectivity index (χ3n) is 6.83. The molecule has 1 aliphatic heterocycles. The van der Waals surface area contributed by atoms with Crippen LogP contribution in [-0.2, 0) is 21.2 Å². The van der Waals surface area contributed by atoms with Crippen LogP contribution >= 0.6 is 0 Å². The van der Waals surface area contributed by atoms with Gasteiger partial charge in [0.2, 0.25) is 15.9 Å². The summed E-state index contributed by atoms with van der Waals surface area (Å²) < 4.78 is 26.6. The second kappa shape index (κ2) is 11.4. The zero-order valence-electron chi connectivity index (χ0n) is 19.2. The van der Waals surface area contributed by atoms with Crippen molar-refractivity contribution in [2.75, 3.05) is 26.2 Å². The Bertz CT molecular complexity index is 798. The topological polar surface area (TPSA) is 69.7 Å². The first kappa shape index (κ1) is 24.2. The minimum atomic E-state index is -3.43. The summed E-state index contributed by atoms with van der Waals surface area (Å²) in [7, 11) is -3.43. The average Bonchev–Trinajstić information content (AvgIpc) is 3.05. The number of nitrogens with one attached hydrogen (secondary N) is 1. The van der Waals surface area contributed by atoms with Crippen molar-refractivity contribution in [2.24, 2.45) is 0 Å². The van der Waals surface area contributed by atoms with E-state index in [1.165, 1.54) is 42.8 Å². The molecule has 174 valence electrons. The van der Waals surface area contributed by atoms with Crippen LogP contribution in [0.25, 0.3) is 0 Å². The third-order valence-corrected chi connectivity index (χ3v) is 8.90. The smallest absolute Gasteiger partial charge is 0.243 e. The van der Waals surface area contributed by atoms with Gasteiger partial charge in [0.05, 0.1) is 4.90 Å². The molecule has 1 saturated carbocycles. The zero-order chi connectivity index (χ0) is 22.3. The molecular weight excluding hydrogens is 410 g/mol. The molecule has 7 heteroatoms. The van der Waals surface area contributed by atoms with Crippen LogP contribution in [0.4, 0.5) is 0 Å². The number of likely N-dealkylation sites (tertiary alicyclic amines) is 1. The van der Waals surface area contributed by atoms with Gasteiger partial charge in [-0.2, -0.15) is 4.31 Å². The van der Waals surface area contributed by atoms with Gasteiger partial charge < -0.3 is 5.32 Å². The van der Waals surface area contributed by atoms with Crippen LogP contribution < -0.4 is 5.32 Å². The minimum absolute atomic E-state index is 0.0903. The largest absolute Gasteiger partial charge is 0.352 e. The fraction of sp³-hybridized carbons (Fsp3) is 0.708. The van der Waals surface area contributed by atoms with Crippen LogP contribution in [0, 0.1) is 0 Å². The van der Waals surface area contributed by atoms with Gasteiger partial charge in [0.1, 0.15) is 0 Å². The molecule has 1 amide bonds. The van der Waals surface area contributed by atoms with Crippen molar-refractivity contribution in [1.29, 1.82) is 0 Å². The van der Waals surface area contributed by atoms with Gasteiger partial charge in [-0.1, -0.05) is 51.7 Å². The molecule has 1 N–H and O–H groups in total. The Kier molecular flexibility index (Phi) is 8.93. The van der Waals surface area contributed by atoms with E-state index in [1.807, 2.05) is 26.0 Å². The van der Waals surface area contributed by atoms with Crippen molar-refractivity contribution in [3.63, 3.8) is 0 Å². The van der Waals surface area contributed by atoms with Crippen LogP contribution in [0.3, 0.4) is 0 Å².